The Hall–Kier alpha value is -1.65. The van der Waals surface area contributed by atoms with Crippen molar-refractivity contribution in [3.63, 3.8) is 0 Å². The maximum atomic E-state index is 6.01. The van der Waals surface area contributed by atoms with Gasteiger partial charge in [0.15, 0.2) is 11.5 Å². The SMILES string of the molecule is CCCOc1c(OC)cc(OCC(CCCl)OC)c2ccccc12. The van der Waals surface area contributed by atoms with Gasteiger partial charge in [-0.3, -0.25) is 0 Å². The van der Waals surface area contributed by atoms with Crippen LogP contribution in [0.4, 0.5) is 0 Å². The van der Waals surface area contributed by atoms with Gasteiger partial charge in [-0.1, -0.05) is 31.2 Å². The van der Waals surface area contributed by atoms with Crippen molar-refractivity contribution >= 4 is 22.4 Å². The summed E-state index contributed by atoms with van der Waals surface area (Å²) in [6.07, 6.45) is 1.64. The van der Waals surface area contributed by atoms with Crippen LogP contribution in [0.15, 0.2) is 30.3 Å². The van der Waals surface area contributed by atoms with Gasteiger partial charge in [0.2, 0.25) is 0 Å². The average molecular weight is 353 g/mol. The highest BCUT2D eigenvalue weighted by atomic mass is 35.5. The summed E-state index contributed by atoms with van der Waals surface area (Å²) in [6, 6.07) is 9.88. The largest absolute Gasteiger partial charge is 0.493 e. The second-order valence-corrected chi connectivity index (χ2v) is 5.82. The zero-order valence-electron chi connectivity index (χ0n) is 14.5. The van der Waals surface area contributed by atoms with Gasteiger partial charge in [0.25, 0.3) is 0 Å². The quantitative estimate of drug-likeness (QED) is 0.583. The molecule has 2 rings (SSSR count). The van der Waals surface area contributed by atoms with Gasteiger partial charge in [-0.25, -0.2) is 0 Å². The van der Waals surface area contributed by atoms with Crippen molar-refractivity contribution in [1.82, 2.24) is 0 Å². The Morgan fingerprint density at radius 3 is 2.42 bits per heavy atom. The molecule has 0 aliphatic heterocycles. The number of hydrogen-bond acceptors (Lipinski definition) is 4. The Balaban J connectivity index is 2.36. The predicted octanol–water partition coefficient (Wildman–Crippen LogP) is 4.66. The van der Waals surface area contributed by atoms with Crippen LogP contribution in [0.2, 0.25) is 0 Å². The Kier molecular flexibility index (Phi) is 7.47. The van der Waals surface area contributed by atoms with E-state index in [2.05, 4.69) is 6.92 Å². The molecule has 5 heteroatoms. The van der Waals surface area contributed by atoms with Gasteiger partial charge >= 0.3 is 0 Å². The molecule has 132 valence electrons. The van der Waals surface area contributed by atoms with Crippen LogP contribution in [0, 0.1) is 0 Å². The van der Waals surface area contributed by atoms with Crippen LogP contribution in [-0.2, 0) is 4.74 Å². The molecule has 0 amide bonds. The van der Waals surface area contributed by atoms with Gasteiger partial charge in [-0.05, 0) is 12.8 Å². The van der Waals surface area contributed by atoms with Crippen molar-refractivity contribution in [2.45, 2.75) is 25.9 Å². The number of hydrogen-bond donors (Lipinski definition) is 0. The number of methoxy groups -OCH3 is 2. The first-order valence-corrected chi connectivity index (χ1v) is 8.72. The van der Waals surface area contributed by atoms with Crippen LogP contribution in [0.1, 0.15) is 19.8 Å². The lowest BCUT2D eigenvalue weighted by atomic mass is 10.1. The fourth-order valence-electron chi connectivity index (χ4n) is 2.49. The van der Waals surface area contributed by atoms with Gasteiger partial charge < -0.3 is 18.9 Å². The summed E-state index contributed by atoms with van der Waals surface area (Å²) in [5, 5.41) is 1.97. The van der Waals surface area contributed by atoms with E-state index in [9.17, 15) is 0 Å². The van der Waals surface area contributed by atoms with E-state index >= 15 is 0 Å². The fraction of sp³-hybridized carbons (Fsp3) is 0.474. The van der Waals surface area contributed by atoms with Crippen LogP contribution in [0.3, 0.4) is 0 Å². The van der Waals surface area contributed by atoms with E-state index in [-0.39, 0.29) is 6.10 Å². The summed E-state index contributed by atoms with van der Waals surface area (Å²) in [5.41, 5.74) is 0. The minimum absolute atomic E-state index is 0.0386. The van der Waals surface area contributed by atoms with E-state index in [1.807, 2.05) is 30.3 Å². The van der Waals surface area contributed by atoms with Crippen LogP contribution in [0.25, 0.3) is 10.8 Å². The molecule has 0 radical (unpaired) electrons. The summed E-state index contributed by atoms with van der Waals surface area (Å²) in [6.45, 7) is 3.15. The van der Waals surface area contributed by atoms with Crippen molar-refractivity contribution in [2.24, 2.45) is 0 Å². The second-order valence-electron chi connectivity index (χ2n) is 5.45. The second kappa shape index (κ2) is 9.60. The molecule has 0 aliphatic carbocycles. The number of fused-ring (bicyclic) bond motifs is 1. The van der Waals surface area contributed by atoms with Crippen LogP contribution in [-0.4, -0.2) is 39.4 Å². The molecule has 2 aromatic rings. The average Bonchev–Trinajstić information content (AvgIpc) is 2.63. The molecule has 0 heterocycles. The number of halogens is 1. The van der Waals surface area contributed by atoms with Crippen molar-refractivity contribution < 1.29 is 18.9 Å². The lowest BCUT2D eigenvalue weighted by Gasteiger charge is -2.19. The molecular formula is C19H25ClO4. The van der Waals surface area contributed by atoms with E-state index in [0.717, 1.165) is 35.1 Å². The number of ether oxygens (including phenoxy) is 4. The normalized spacial score (nSPS) is 12.2. The molecule has 0 aliphatic rings. The highest BCUT2D eigenvalue weighted by Gasteiger charge is 2.16. The monoisotopic (exact) mass is 352 g/mol. The van der Waals surface area contributed by atoms with Gasteiger partial charge in [-0.2, -0.15) is 0 Å². The van der Waals surface area contributed by atoms with Crippen molar-refractivity contribution in [3.8, 4) is 17.2 Å². The van der Waals surface area contributed by atoms with Gasteiger partial charge in [0.05, 0.1) is 19.8 Å². The Bertz CT molecular complexity index is 645. The molecule has 0 saturated carbocycles. The standard InChI is InChI=1S/C19H25ClO4/c1-4-11-23-19-16-8-6-5-7-15(16)17(12-18(19)22-3)24-13-14(21-2)9-10-20/h5-8,12,14H,4,9-11,13H2,1-3H3. The molecule has 2 aromatic carbocycles. The first kappa shape index (κ1) is 18.7. The molecule has 0 bridgehead atoms. The Labute approximate surface area is 148 Å². The van der Waals surface area contributed by atoms with Crippen molar-refractivity contribution in [1.29, 1.82) is 0 Å². The molecule has 4 nitrogen and oxygen atoms in total. The third kappa shape index (κ3) is 4.46. The molecule has 1 unspecified atom stereocenters. The summed E-state index contributed by atoms with van der Waals surface area (Å²) >= 11 is 5.80. The van der Waals surface area contributed by atoms with Crippen molar-refractivity contribution in [2.75, 3.05) is 33.3 Å². The summed E-state index contributed by atoms with van der Waals surface area (Å²) in [5.74, 6) is 2.72. The number of alkyl halides is 1. The molecule has 1 atom stereocenters. The molecule has 0 fully saturated rings. The molecular weight excluding hydrogens is 328 g/mol. The van der Waals surface area contributed by atoms with Gasteiger partial charge in [-0.15, -0.1) is 11.6 Å². The summed E-state index contributed by atoms with van der Waals surface area (Å²) < 4.78 is 22.8. The molecule has 24 heavy (non-hydrogen) atoms. The first-order valence-electron chi connectivity index (χ1n) is 8.19. The molecule has 0 N–H and O–H groups in total. The molecule has 0 spiro atoms. The van der Waals surface area contributed by atoms with E-state index in [1.54, 1.807) is 14.2 Å². The van der Waals surface area contributed by atoms with Crippen LogP contribution < -0.4 is 14.2 Å². The van der Waals surface area contributed by atoms with Crippen molar-refractivity contribution in [3.05, 3.63) is 30.3 Å². The van der Waals surface area contributed by atoms with E-state index < -0.39 is 0 Å². The Morgan fingerprint density at radius 2 is 1.79 bits per heavy atom. The summed E-state index contributed by atoms with van der Waals surface area (Å²) in [7, 11) is 3.30. The predicted molar refractivity (Wildman–Crippen MR) is 97.9 cm³/mol. The fourth-order valence-corrected chi connectivity index (χ4v) is 2.73. The zero-order chi connectivity index (χ0) is 17.4. The van der Waals surface area contributed by atoms with Crippen LogP contribution >= 0.6 is 11.6 Å². The smallest absolute Gasteiger partial charge is 0.169 e. The minimum Gasteiger partial charge on any atom is -0.493 e. The highest BCUT2D eigenvalue weighted by Crippen LogP contribution is 2.41. The van der Waals surface area contributed by atoms with E-state index in [4.69, 9.17) is 30.5 Å². The third-order valence-corrected chi connectivity index (χ3v) is 4.00. The molecule has 0 aromatic heterocycles. The maximum Gasteiger partial charge on any atom is 0.169 e. The lowest BCUT2D eigenvalue weighted by Crippen LogP contribution is -2.20. The van der Waals surface area contributed by atoms with Crippen LogP contribution in [0.5, 0.6) is 17.2 Å². The van der Waals surface area contributed by atoms with Gasteiger partial charge in [0.1, 0.15) is 12.4 Å². The number of rotatable bonds is 10. The number of benzene rings is 2. The van der Waals surface area contributed by atoms with Gasteiger partial charge in [0, 0.05) is 29.8 Å². The maximum absolute atomic E-state index is 6.01. The summed E-state index contributed by atoms with van der Waals surface area (Å²) in [4.78, 5) is 0. The topological polar surface area (TPSA) is 36.9 Å². The third-order valence-electron chi connectivity index (χ3n) is 3.78. The highest BCUT2D eigenvalue weighted by molar-refractivity contribution is 6.17. The lowest BCUT2D eigenvalue weighted by molar-refractivity contribution is 0.0566. The zero-order valence-corrected chi connectivity index (χ0v) is 15.3. The Morgan fingerprint density at radius 1 is 1.04 bits per heavy atom. The van der Waals surface area contributed by atoms with E-state index in [1.165, 1.54) is 0 Å². The molecule has 0 saturated heterocycles. The van der Waals surface area contributed by atoms with E-state index in [0.29, 0.717) is 24.8 Å². The first-order chi connectivity index (χ1) is 11.7. The minimum atomic E-state index is -0.0386.